The zero-order valence-corrected chi connectivity index (χ0v) is 12.5. The van der Waals surface area contributed by atoms with Gasteiger partial charge < -0.3 is 14.7 Å². The summed E-state index contributed by atoms with van der Waals surface area (Å²) in [5.74, 6) is 0.568. The molecule has 0 aromatic carbocycles. The van der Waals surface area contributed by atoms with Crippen molar-refractivity contribution >= 4 is 5.91 Å². The minimum absolute atomic E-state index is 0.0617. The molecule has 3 heterocycles. The Morgan fingerprint density at radius 1 is 1.52 bits per heavy atom. The van der Waals surface area contributed by atoms with Crippen LogP contribution in [-0.2, 0) is 35.6 Å². The molecule has 6 nitrogen and oxygen atoms in total. The van der Waals surface area contributed by atoms with Gasteiger partial charge in [0.25, 0.3) is 0 Å². The van der Waals surface area contributed by atoms with E-state index in [9.17, 15) is 9.90 Å². The molecule has 1 saturated heterocycles. The first-order valence-electron chi connectivity index (χ1n) is 7.76. The van der Waals surface area contributed by atoms with E-state index < -0.39 is 0 Å². The van der Waals surface area contributed by atoms with Gasteiger partial charge in [-0.2, -0.15) is 5.10 Å². The highest BCUT2D eigenvalue weighted by molar-refractivity contribution is 5.76. The van der Waals surface area contributed by atoms with Gasteiger partial charge in [0.1, 0.15) is 0 Å². The van der Waals surface area contributed by atoms with Gasteiger partial charge >= 0.3 is 0 Å². The number of carbonyl (C=O) groups excluding carboxylic acids is 1. The molecule has 116 valence electrons. The Morgan fingerprint density at radius 3 is 3.05 bits per heavy atom. The summed E-state index contributed by atoms with van der Waals surface area (Å²) in [6, 6.07) is 0. The maximum atomic E-state index is 12.4. The molecule has 0 radical (unpaired) electrons. The average molecular weight is 293 g/mol. The van der Waals surface area contributed by atoms with Crippen LogP contribution in [0.4, 0.5) is 0 Å². The highest BCUT2D eigenvalue weighted by Gasteiger charge is 2.28. The number of carbonyl (C=O) groups is 1. The first kappa shape index (κ1) is 14.5. The fraction of sp³-hybridized carbons (Fsp3) is 0.733. The van der Waals surface area contributed by atoms with Crippen LogP contribution in [-0.4, -0.2) is 45.5 Å². The van der Waals surface area contributed by atoms with Gasteiger partial charge in [-0.05, 0) is 19.3 Å². The Balaban J connectivity index is 1.71. The largest absolute Gasteiger partial charge is 0.390 e. The summed E-state index contributed by atoms with van der Waals surface area (Å²) in [5.41, 5.74) is 2.94. The van der Waals surface area contributed by atoms with E-state index in [2.05, 4.69) is 5.10 Å². The van der Waals surface area contributed by atoms with Gasteiger partial charge in [0.05, 0.1) is 12.3 Å². The minimum Gasteiger partial charge on any atom is -0.390 e. The number of aryl methyl sites for hydroxylation is 1. The Labute approximate surface area is 124 Å². The molecule has 21 heavy (non-hydrogen) atoms. The molecular formula is C15H23N3O3. The summed E-state index contributed by atoms with van der Waals surface area (Å²) in [5, 5.41) is 13.9. The third kappa shape index (κ3) is 2.82. The van der Waals surface area contributed by atoms with Gasteiger partial charge in [-0.1, -0.05) is 0 Å². The molecule has 1 amide bonds. The van der Waals surface area contributed by atoms with E-state index in [0.717, 1.165) is 38.1 Å². The zero-order valence-electron chi connectivity index (χ0n) is 12.5. The predicted molar refractivity (Wildman–Crippen MR) is 76.5 cm³/mol. The van der Waals surface area contributed by atoms with Gasteiger partial charge in [0, 0.05) is 56.9 Å². The Hall–Kier alpha value is -1.40. The van der Waals surface area contributed by atoms with Crippen LogP contribution in [0.5, 0.6) is 0 Å². The summed E-state index contributed by atoms with van der Waals surface area (Å²) < 4.78 is 7.29. The van der Waals surface area contributed by atoms with Crippen LogP contribution in [0.25, 0.3) is 0 Å². The first-order valence-corrected chi connectivity index (χ1v) is 7.76. The quantitative estimate of drug-likeness (QED) is 0.887. The van der Waals surface area contributed by atoms with Crippen LogP contribution in [0, 0.1) is 5.92 Å². The molecular weight excluding hydrogens is 270 g/mol. The Morgan fingerprint density at radius 2 is 2.38 bits per heavy atom. The molecule has 6 heteroatoms. The fourth-order valence-electron chi connectivity index (χ4n) is 3.28. The second-order valence-electron chi connectivity index (χ2n) is 5.84. The number of amides is 1. The van der Waals surface area contributed by atoms with Crippen molar-refractivity contribution in [1.29, 1.82) is 0 Å². The van der Waals surface area contributed by atoms with Crippen molar-refractivity contribution in [3.05, 3.63) is 17.0 Å². The number of aliphatic hydroxyl groups is 1. The molecule has 1 aromatic rings. The van der Waals surface area contributed by atoms with E-state index >= 15 is 0 Å². The van der Waals surface area contributed by atoms with Gasteiger partial charge in [-0.25, -0.2) is 0 Å². The first-order chi connectivity index (χ1) is 10.2. The SMILES string of the molecule is CCn1nc(CO)c2c1CCN(C(=O)C[C@H]1CCOC1)C2. The van der Waals surface area contributed by atoms with Crippen LogP contribution in [0.2, 0.25) is 0 Å². The molecule has 0 saturated carbocycles. The monoisotopic (exact) mass is 293 g/mol. The molecule has 1 atom stereocenters. The normalized spacial score (nSPS) is 21.6. The highest BCUT2D eigenvalue weighted by atomic mass is 16.5. The number of nitrogens with zero attached hydrogens (tertiary/aromatic N) is 3. The molecule has 0 spiro atoms. The molecule has 3 rings (SSSR count). The summed E-state index contributed by atoms with van der Waals surface area (Å²) in [4.78, 5) is 14.3. The van der Waals surface area contributed by atoms with Gasteiger partial charge in [-0.15, -0.1) is 0 Å². The standard InChI is InChI=1S/C15H23N3O3/c1-2-18-14-3-5-17(8-12(14)13(9-19)16-18)15(20)7-11-4-6-21-10-11/h11,19H,2-10H2,1H3/t11-/m1/s1. The second-order valence-corrected chi connectivity index (χ2v) is 5.84. The minimum atomic E-state index is -0.0617. The Bertz CT molecular complexity index is 520. The number of ether oxygens (including phenoxy) is 1. The number of fused-ring (bicyclic) bond motifs is 1. The van der Waals surface area contributed by atoms with Crippen molar-refractivity contribution in [3.63, 3.8) is 0 Å². The summed E-state index contributed by atoms with van der Waals surface area (Å²) in [7, 11) is 0. The van der Waals surface area contributed by atoms with Crippen molar-refractivity contribution in [1.82, 2.24) is 14.7 Å². The molecule has 0 aliphatic carbocycles. The Kier molecular flexibility index (Phi) is 4.26. The molecule has 2 aliphatic heterocycles. The molecule has 2 aliphatic rings. The van der Waals surface area contributed by atoms with Crippen LogP contribution in [0.1, 0.15) is 36.7 Å². The van der Waals surface area contributed by atoms with Gasteiger partial charge in [-0.3, -0.25) is 9.48 Å². The lowest BCUT2D eigenvalue weighted by Crippen LogP contribution is -2.37. The lowest BCUT2D eigenvalue weighted by Gasteiger charge is -2.28. The van der Waals surface area contributed by atoms with Crippen LogP contribution in [0.15, 0.2) is 0 Å². The van der Waals surface area contributed by atoms with Crippen LogP contribution < -0.4 is 0 Å². The fourth-order valence-corrected chi connectivity index (χ4v) is 3.28. The van der Waals surface area contributed by atoms with Crippen LogP contribution in [0.3, 0.4) is 0 Å². The van der Waals surface area contributed by atoms with E-state index in [1.54, 1.807) is 0 Å². The maximum Gasteiger partial charge on any atom is 0.223 e. The number of aliphatic hydroxyl groups excluding tert-OH is 1. The molecule has 0 bridgehead atoms. The maximum absolute atomic E-state index is 12.4. The lowest BCUT2D eigenvalue weighted by atomic mass is 10.0. The van der Waals surface area contributed by atoms with Gasteiger partial charge in [0.2, 0.25) is 5.91 Å². The van der Waals surface area contributed by atoms with E-state index in [1.807, 2.05) is 16.5 Å². The lowest BCUT2D eigenvalue weighted by molar-refractivity contribution is -0.133. The predicted octanol–water partition coefficient (Wildman–Crippen LogP) is 0.707. The molecule has 1 aromatic heterocycles. The number of rotatable bonds is 4. The third-order valence-corrected chi connectivity index (χ3v) is 4.51. The van der Waals surface area contributed by atoms with Crippen molar-refractivity contribution < 1.29 is 14.6 Å². The summed E-state index contributed by atoms with van der Waals surface area (Å²) in [6.45, 7) is 5.60. The van der Waals surface area contributed by atoms with E-state index in [0.29, 0.717) is 31.2 Å². The highest BCUT2D eigenvalue weighted by Crippen LogP contribution is 2.25. The molecule has 0 unspecified atom stereocenters. The van der Waals surface area contributed by atoms with Crippen molar-refractivity contribution in [2.24, 2.45) is 5.92 Å². The molecule has 1 fully saturated rings. The third-order valence-electron chi connectivity index (χ3n) is 4.51. The van der Waals surface area contributed by atoms with Gasteiger partial charge in [0.15, 0.2) is 0 Å². The number of hydrogen-bond donors (Lipinski definition) is 1. The summed E-state index contributed by atoms with van der Waals surface area (Å²) >= 11 is 0. The topological polar surface area (TPSA) is 67.6 Å². The number of aromatic nitrogens is 2. The van der Waals surface area contributed by atoms with E-state index in [4.69, 9.17) is 4.74 Å². The average Bonchev–Trinajstić information content (AvgIpc) is 3.13. The second kappa shape index (κ2) is 6.15. The van der Waals surface area contributed by atoms with E-state index in [-0.39, 0.29) is 12.5 Å². The van der Waals surface area contributed by atoms with Crippen molar-refractivity contribution in [2.45, 2.75) is 45.9 Å². The zero-order chi connectivity index (χ0) is 14.8. The van der Waals surface area contributed by atoms with E-state index in [1.165, 1.54) is 5.69 Å². The molecule has 1 N–H and O–H groups in total. The van der Waals surface area contributed by atoms with Crippen LogP contribution >= 0.6 is 0 Å². The smallest absolute Gasteiger partial charge is 0.223 e. The summed E-state index contributed by atoms with van der Waals surface area (Å²) in [6.07, 6.45) is 2.38. The number of hydrogen-bond acceptors (Lipinski definition) is 4. The van der Waals surface area contributed by atoms with Crippen molar-refractivity contribution in [2.75, 3.05) is 19.8 Å². The van der Waals surface area contributed by atoms with Crippen molar-refractivity contribution in [3.8, 4) is 0 Å².